The van der Waals surface area contributed by atoms with Gasteiger partial charge in [-0.15, -0.1) is 0 Å². The van der Waals surface area contributed by atoms with E-state index in [1.807, 2.05) is 0 Å². The van der Waals surface area contributed by atoms with E-state index < -0.39 is 0 Å². The third-order valence-corrected chi connectivity index (χ3v) is 4.28. The molecule has 2 N–H and O–H groups in total. The van der Waals surface area contributed by atoms with Crippen LogP contribution in [-0.2, 0) is 4.74 Å². The van der Waals surface area contributed by atoms with Crippen LogP contribution in [0, 0.1) is 6.92 Å². The molecule has 3 heteroatoms. The highest BCUT2D eigenvalue weighted by atomic mass is 16.5. The molecule has 1 aromatic rings. The molecule has 1 aromatic carbocycles. The maximum absolute atomic E-state index is 6.34. The van der Waals surface area contributed by atoms with Crippen LogP contribution in [0.2, 0.25) is 0 Å². The number of rotatable bonds is 6. The smallest absolute Gasteiger partial charge is 0.0599 e. The summed E-state index contributed by atoms with van der Waals surface area (Å²) in [6.07, 6.45) is 3.83. The van der Waals surface area contributed by atoms with Crippen molar-refractivity contribution < 1.29 is 4.74 Å². The first-order chi connectivity index (χ1) is 9.70. The fourth-order valence-electron chi connectivity index (χ4n) is 3.02. The molecule has 1 fully saturated rings. The summed E-state index contributed by atoms with van der Waals surface area (Å²) >= 11 is 0. The zero-order valence-corrected chi connectivity index (χ0v) is 12.8. The Morgan fingerprint density at radius 2 is 2.00 bits per heavy atom. The molecule has 0 aromatic heterocycles. The Morgan fingerprint density at radius 3 is 2.65 bits per heavy atom. The first kappa shape index (κ1) is 15.5. The summed E-state index contributed by atoms with van der Waals surface area (Å²) in [6, 6.07) is 8.60. The second-order valence-corrected chi connectivity index (χ2v) is 5.75. The van der Waals surface area contributed by atoms with Crippen LogP contribution in [0.5, 0.6) is 0 Å². The zero-order valence-electron chi connectivity index (χ0n) is 12.8. The fourth-order valence-corrected chi connectivity index (χ4v) is 3.02. The molecule has 0 bridgehead atoms. The number of benzene rings is 1. The normalized spacial score (nSPS) is 19.1. The quantitative estimate of drug-likeness (QED) is 0.868. The molecule has 0 spiro atoms. The molecule has 3 nitrogen and oxygen atoms in total. The van der Waals surface area contributed by atoms with Gasteiger partial charge in [0, 0.05) is 25.7 Å². The molecule has 112 valence electrons. The zero-order chi connectivity index (χ0) is 14.4. The van der Waals surface area contributed by atoms with Gasteiger partial charge in [-0.2, -0.15) is 0 Å². The van der Waals surface area contributed by atoms with Gasteiger partial charge in [-0.1, -0.05) is 24.3 Å². The molecule has 2 rings (SSSR count). The Balaban J connectivity index is 1.75. The highest BCUT2D eigenvalue weighted by Crippen LogP contribution is 2.20. The summed E-state index contributed by atoms with van der Waals surface area (Å²) in [6.45, 7) is 8.43. The van der Waals surface area contributed by atoms with E-state index in [1.54, 1.807) is 0 Å². The lowest BCUT2D eigenvalue weighted by molar-refractivity contribution is 0.0138. The van der Waals surface area contributed by atoms with E-state index in [9.17, 15) is 0 Å². The summed E-state index contributed by atoms with van der Waals surface area (Å²) in [5.74, 6) is 0. The SMILES string of the molecule is CCOC1CCN(CCC(N)c2ccccc2C)CC1. The molecule has 1 aliphatic rings. The van der Waals surface area contributed by atoms with Crippen LogP contribution in [0.3, 0.4) is 0 Å². The van der Waals surface area contributed by atoms with Gasteiger partial charge in [-0.05, 0) is 50.8 Å². The topological polar surface area (TPSA) is 38.5 Å². The lowest BCUT2D eigenvalue weighted by atomic mass is 9.99. The van der Waals surface area contributed by atoms with E-state index in [0.717, 1.165) is 45.5 Å². The average molecular weight is 276 g/mol. The molecule has 0 amide bonds. The molecule has 20 heavy (non-hydrogen) atoms. The fraction of sp³-hybridized carbons (Fsp3) is 0.647. The first-order valence-corrected chi connectivity index (χ1v) is 7.85. The predicted molar refractivity (Wildman–Crippen MR) is 83.8 cm³/mol. The molecule has 0 aliphatic carbocycles. The number of aryl methyl sites for hydroxylation is 1. The Kier molecular flexibility index (Phi) is 6.02. The summed E-state index contributed by atoms with van der Waals surface area (Å²) < 4.78 is 5.69. The van der Waals surface area contributed by atoms with E-state index >= 15 is 0 Å². The lowest BCUT2D eigenvalue weighted by Crippen LogP contribution is -2.38. The van der Waals surface area contributed by atoms with Crippen molar-refractivity contribution in [1.29, 1.82) is 0 Å². The van der Waals surface area contributed by atoms with Crippen LogP contribution in [-0.4, -0.2) is 37.2 Å². The van der Waals surface area contributed by atoms with E-state index in [-0.39, 0.29) is 6.04 Å². The van der Waals surface area contributed by atoms with Gasteiger partial charge in [0.15, 0.2) is 0 Å². The van der Waals surface area contributed by atoms with Crippen LogP contribution in [0.4, 0.5) is 0 Å². The van der Waals surface area contributed by atoms with Gasteiger partial charge in [-0.3, -0.25) is 0 Å². The highest BCUT2D eigenvalue weighted by molar-refractivity contribution is 5.28. The van der Waals surface area contributed by atoms with Crippen LogP contribution in [0.15, 0.2) is 24.3 Å². The van der Waals surface area contributed by atoms with Crippen molar-refractivity contribution in [3.05, 3.63) is 35.4 Å². The molecule has 1 atom stereocenters. The maximum atomic E-state index is 6.34. The van der Waals surface area contributed by atoms with Gasteiger partial charge in [-0.25, -0.2) is 0 Å². The molecular formula is C17H28N2O. The van der Waals surface area contributed by atoms with Gasteiger partial charge in [0.1, 0.15) is 0 Å². The van der Waals surface area contributed by atoms with Crippen molar-refractivity contribution in [2.24, 2.45) is 5.73 Å². The average Bonchev–Trinajstić information content (AvgIpc) is 2.47. The third kappa shape index (κ3) is 4.30. The summed E-state index contributed by atoms with van der Waals surface area (Å²) in [5, 5.41) is 0. The van der Waals surface area contributed by atoms with Gasteiger partial charge in [0.05, 0.1) is 6.10 Å². The number of hydrogen-bond acceptors (Lipinski definition) is 3. The van der Waals surface area contributed by atoms with Crippen molar-refractivity contribution in [2.75, 3.05) is 26.2 Å². The summed E-state index contributed by atoms with van der Waals surface area (Å²) in [5.41, 5.74) is 8.93. The van der Waals surface area contributed by atoms with Crippen LogP contribution >= 0.6 is 0 Å². The van der Waals surface area contributed by atoms with Gasteiger partial charge >= 0.3 is 0 Å². The van der Waals surface area contributed by atoms with Crippen molar-refractivity contribution in [1.82, 2.24) is 4.90 Å². The van der Waals surface area contributed by atoms with Gasteiger partial charge in [0.25, 0.3) is 0 Å². The van der Waals surface area contributed by atoms with Gasteiger partial charge < -0.3 is 15.4 Å². The van der Waals surface area contributed by atoms with E-state index in [0.29, 0.717) is 6.10 Å². The molecule has 1 saturated heterocycles. The number of hydrogen-bond donors (Lipinski definition) is 1. The number of piperidine rings is 1. The predicted octanol–water partition coefficient (Wildman–Crippen LogP) is 2.89. The van der Waals surface area contributed by atoms with Crippen molar-refractivity contribution >= 4 is 0 Å². The van der Waals surface area contributed by atoms with Crippen molar-refractivity contribution in [2.45, 2.75) is 45.3 Å². The second kappa shape index (κ2) is 7.77. The summed E-state index contributed by atoms with van der Waals surface area (Å²) in [4.78, 5) is 2.52. The van der Waals surface area contributed by atoms with Crippen molar-refractivity contribution in [3.63, 3.8) is 0 Å². The van der Waals surface area contributed by atoms with E-state index in [2.05, 4.69) is 43.0 Å². The number of likely N-dealkylation sites (tertiary alicyclic amines) is 1. The molecule has 0 saturated carbocycles. The standard InChI is InChI=1S/C17H28N2O/c1-3-20-15-8-11-19(12-9-15)13-10-17(18)16-7-5-4-6-14(16)2/h4-7,15,17H,3,8-13,18H2,1-2H3. The van der Waals surface area contributed by atoms with E-state index in [4.69, 9.17) is 10.5 Å². The molecule has 1 aliphatic heterocycles. The monoisotopic (exact) mass is 276 g/mol. The first-order valence-electron chi connectivity index (χ1n) is 7.85. The Labute approximate surface area is 123 Å². The highest BCUT2D eigenvalue weighted by Gasteiger charge is 2.19. The maximum Gasteiger partial charge on any atom is 0.0599 e. The molecule has 0 radical (unpaired) electrons. The van der Waals surface area contributed by atoms with Crippen LogP contribution in [0.1, 0.15) is 43.4 Å². The lowest BCUT2D eigenvalue weighted by Gasteiger charge is -2.32. The van der Waals surface area contributed by atoms with E-state index in [1.165, 1.54) is 11.1 Å². The number of nitrogens with zero attached hydrogens (tertiary/aromatic N) is 1. The van der Waals surface area contributed by atoms with Crippen molar-refractivity contribution in [3.8, 4) is 0 Å². The largest absolute Gasteiger partial charge is 0.378 e. The minimum atomic E-state index is 0.154. The summed E-state index contributed by atoms with van der Waals surface area (Å²) in [7, 11) is 0. The molecule has 1 unspecified atom stereocenters. The van der Waals surface area contributed by atoms with Gasteiger partial charge in [0.2, 0.25) is 0 Å². The minimum absolute atomic E-state index is 0.154. The second-order valence-electron chi connectivity index (χ2n) is 5.75. The third-order valence-electron chi connectivity index (χ3n) is 4.28. The van der Waals surface area contributed by atoms with Crippen LogP contribution < -0.4 is 5.73 Å². The number of ether oxygens (including phenoxy) is 1. The molecular weight excluding hydrogens is 248 g/mol. The van der Waals surface area contributed by atoms with Crippen LogP contribution in [0.25, 0.3) is 0 Å². The Morgan fingerprint density at radius 1 is 1.30 bits per heavy atom. The number of nitrogens with two attached hydrogens (primary N) is 1. The Bertz CT molecular complexity index is 400. The minimum Gasteiger partial charge on any atom is -0.378 e. The Hall–Kier alpha value is -0.900. The molecule has 1 heterocycles.